The van der Waals surface area contributed by atoms with Crippen LogP contribution < -0.4 is 4.90 Å². The molecule has 0 saturated carbocycles. The number of ether oxygens (including phenoxy) is 1. The third kappa shape index (κ3) is 4.48. The lowest BCUT2D eigenvalue weighted by Gasteiger charge is -2.47. The molecule has 4 nitrogen and oxygen atoms in total. The molecule has 0 radical (unpaired) electrons. The zero-order chi connectivity index (χ0) is 21.2. The molecule has 0 spiro atoms. The molecular weight excluding hydrogens is 384 g/mol. The fourth-order valence-corrected chi connectivity index (χ4v) is 4.47. The smallest absolute Gasteiger partial charge is 0.338 e. The van der Waals surface area contributed by atoms with Gasteiger partial charge in [0.25, 0.3) is 0 Å². The van der Waals surface area contributed by atoms with Gasteiger partial charge < -0.3 is 9.64 Å². The number of fused-ring (bicyclic) bond motifs is 1. The van der Waals surface area contributed by atoms with E-state index in [2.05, 4.69) is 49.7 Å². The molecule has 3 rings (SSSR count). The highest BCUT2D eigenvalue weighted by Crippen LogP contribution is 2.44. The van der Waals surface area contributed by atoms with Crippen LogP contribution in [0.3, 0.4) is 0 Å². The van der Waals surface area contributed by atoms with Crippen LogP contribution in [-0.2, 0) is 4.74 Å². The molecule has 2 aromatic carbocycles. The van der Waals surface area contributed by atoms with E-state index in [1.165, 1.54) is 11.3 Å². The van der Waals surface area contributed by atoms with Gasteiger partial charge in [0, 0.05) is 29.5 Å². The highest BCUT2D eigenvalue weighted by molar-refractivity contribution is 6.33. The Kier molecular flexibility index (Phi) is 6.33. The number of anilines is 1. The lowest BCUT2D eigenvalue weighted by atomic mass is 9.79. The molecule has 1 aliphatic rings. The van der Waals surface area contributed by atoms with Crippen molar-refractivity contribution >= 4 is 35.2 Å². The molecule has 0 N–H and O–H groups in total. The second-order valence-corrected chi connectivity index (χ2v) is 8.53. The predicted octanol–water partition coefficient (Wildman–Crippen LogP) is 6.38. The number of aliphatic imine (C=N–C) groups is 1. The molecule has 29 heavy (non-hydrogen) atoms. The first-order valence-corrected chi connectivity index (χ1v) is 10.6. The van der Waals surface area contributed by atoms with Crippen molar-refractivity contribution in [1.82, 2.24) is 0 Å². The molecule has 0 fully saturated rings. The van der Waals surface area contributed by atoms with E-state index in [0.717, 1.165) is 24.2 Å². The summed E-state index contributed by atoms with van der Waals surface area (Å²) in [6.45, 7) is 12.1. The summed E-state index contributed by atoms with van der Waals surface area (Å²) in [7, 11) is 0. The SMILES string of the molecule is CCOC(=O)c1ccc(N=Cc2cc3c(cc2Cl)N(CC)C(C)(C)CC3C)cc1. The molecule has 1 atom stereocenters. The maximum absolute atomic E-state index is 11.8. The van der Waals surface area contributed by atoms with E-state index in [0.29, 0.717) is 23.1 Å². The lowest BCUT2D eigenvalue weighted by molar-refractivity contribution is 0.0526. The highest BCUT2D eigenvalue weighted by Gasteiger charge is 2.35. The van der Waals surface area contributed by atoms with Gasteiger partial charge in [-0.2, -0.15) is 0 Å². The fraction of sp³-hybridized carbons (Fsp3) is 0.417. The van der Waals surface area contributed by atoms with Crippen molar-refractivity contribution in [3.8, 4) is 0 Å². The van der Waals surface area contributed by atoms with Crippen molar-refractivity contribution in [2.75, 3.05) is 18.1 Å². The van der Waals surface area contributed by atoms with Gasteiger partial charge in [-0.05, 0) is 82.0 Å². The summed E-state index contributed by atoms with van der Waals surface area (Å²) in [5, 5.41) is 0.694. The zero-order valence-electron chi connectivity index (χ0n) is 17.8. The largest absolute Gasteiger partial charge is 0.462 e. The Balaban J connectivity index is 1.87. The van der Waals surface area contributed by atoms with E-state index in [4.69, 9.17) is 16.3 Å². The van der Waals surface area contributed by atoms with Gasteiger partial charge in [0.15, 0.2) is 0 Å². The molecule has 5 heteroatoms. The van der Waals surface area contributed by atoms with Crippen LogP contribution in [0.2, 0.25) is 5.02 Å². The number of hydrogen-bond acceptors (Lipinski definition) is 4. The van der Waals surface area contributed by atoms with Crippen molar-refractivity contribution in [3.63, 3.8) is 0 Å². The summed E-state index contributed by atoms with van der Waals surface area (Å²) in [5.41, 5.74) is 4.83. The average molecular weight is 413 g/mol. The van der Waals surface area contributed by atoms with Gasteiger partial charge in [0.1, 0.15) is 0 Å². The summed E-state index contributed by atoms with van der Waals surface area (Å²) in [6.07, 6.45) is 2.89. The Morgan fingerprint density at radius 3 is 2.59 bits per heavy atom. The van der Waals surface area contributed by atoms with E-state index < -0.39 is 0 Å². The van der Waals surface area contributed by atoms with Gasteiger partial charge in [-0.15, -0.1) is 0 Å². The van der Waals surface area contributed by atoms with Crippen LogP contribution in [0.25, 0.3) is 0 Å². The summed E-state index contributed by atoms with van der Waals surface area (Å²) in [4.78, 5) is 18.7. The Morgan fingerprint density at radius 2 is 1.97 bits per heavy atom. The first-order chi connectivity index (χ1) is 13.8. The van der Waals surface area contributed by atoms with Crippen LogP contribution in [0, 0.1) is 0 Å². The van der Waals surface area contributed by atoms with Crippen LogP contribution in [0.15, 0.2) is 41.4 Å². The minimum Gasteiger partial charge on any atom is -0.462 e. The second-order valence-electron chi connectivity index (χ2n) is 8.12. The summed E-state index contributed by atoms with van der Waals surface area (Å²) >= 11 is 6.61. The van der Waals surface area contributed by atoms with E-state index in [1.807, 2.05) is 0 Å². The minimum atomic E-state index is -0.321. The van der Waals surface area contributed by atoms with Crippen molar-refractivity contribution in [1.29, 1.82) is 0 Å². The monoisotopic (exact) mass is 412 g/mol. The van der Waals surface area contributed by atoms with Crippen LogP contribution in [0.5, 0.6) is 0 Å². The topological polar surface area (TPSA) is 41.9 Å². The molecule has 2 aromatic rings. The number of rotatable bonds is 5. The third-order valence-corrected chi connectivity index (χ3v) is 5.88. The van der Waals surface area contributed by atoms with Crippen molar-refractivity contribution in [2.45, 2.75) is 52.5 Å². The molecule has 0 saturated heterocycles. The Labute approximate surface area is 178 Å². The van der Waals surface area contributed by atoms with E-state index in [-0.39, 0.29) is 11.5 Å². The van der Waals surface area contributed by atoms with Gasteiger partial charge in [-0.3, -0.25) is 4.99 Å². The van der Waals surface area contributed by atoms with Crippen LogP contribution >= 0.6 is 11.6 Å². The van der Waals surface area contributed by atoms with Gasteiger partial charge in [-0.25, -0.2) is 4.79 Å². The third-order valence-electron chi connectivity index (χ3n) is 5.55. The zero-order valence-corrected chi connectivity index (χ0v) is 18.6. The standard InChI is InChI=1S/C24H29ClN2O2/c1-6-27-22-13-21(25)18(12-20(22)16(3)14-24(27,4)5)15-26-19-10-8-17(9-11-19)23(28)29-7-2/h8-13,15-16H,6-7,14H2,1-5H3. The molecule has 1 heterocycles. The van der Waals surface area contributed by atoms with Gasteiger partial charge in [0.2, 0.25) is 0 Å². The Hall–Kier alpha value is -2.33. The van der Waals surface area contributed by atoms with Gasteiger partial charge >= 0.3 is 5.97 Å². The maximum Gasteiger partial charge on any atom is 0.338 e. The molecule has 0 amide bonds. The Morgan fingerprint density at radius 1 is 1.28 bits per heavy atom. The number of nitrogens with zero attached hydrogens (tertiary/aromatic N) is 2. The summed E-state index contributed by atoms with van der Waals surface area (Å²) in [6, 6.07) is 11.3. The molecule has 0 bridgehead atoms. The first-order valence-electron chi connectivity index (χ1n) is 10.2. The number of esters is 1. The molecule has 1 unspecified atom stereocenters. The maximum atomic E-state index is 11.8. The molecule has 0 aliphatic carbocycles. The van der Waals surface area contributed by atoms with E-state index >= 15 is 0 Å². The van der Waals surface area contributed by atoms with Crippen LogP contribution in [-0.4, -0.2) is 30.9 Å². The van der Waals surface area contributed by atoms with Crippen LogP contribution in [0.4, 0.5) is 11.4 Å². The first kappa shape index (κ1) is 21.4. The molecule has 0 aromatic heterocycles. The van der Waals surface area contributed by atoms with Gasteiger partial charge in [0.05, 0.1) is 22.9 Å². The van der Waals surface area contributed by atoms with Gasteiger partial charge in [-0.1, -0.05) is 18.5 Å². The molecule has 1 aliphatic heterocycles. The van der Waals surface area contributed by atoms with E-state index in [1.54, 1.807) is 37.4 Å². The number of carbonyl (C=O) groups excluding carboxylic acids is 1. The minimum absolute atomic E-state index is 0.112. The van der Waals surface area contributed by atoms with Crippen molar-refractivity contribution < 1.29 is 9.53 Å². The normalized spacial score (nSPS) is 18.0. The quantitative estimate of drug-likeness (QED) is 0.422. The predicted molar refractivity (Wildman–Crippen MR) is 121 cm³/mol. The number of halogens is 1. The van der Waals surface area contributed by atoms with Crippen molar-refractivity contribution in [2.24, 2.45) is 4.99 Å². The van der Waals surface area contributed by atoms with Crippen LogP contribution in [0.1, 0.15) is 68.4 Å². The lowest BCUT2D eigenvalue weighted by Crippen LogP contribution is -2.48. The Bertz CT molecular complexity index is 919. The highest BCUT2D eigenvalue weighted by atomic mass is 35.5. The second kappa shape index (κ2) is 8.58. The average Bonchev–Trinajstić information content (AvgIpc) is 2.67. The molecular formula is C24H29ClN2O2. The number of carbonyl (C=O) groups is 1. The molecule has 154 valence electrons. The fourth-order valence-electron chi connectivity index (χ4n) is 4.26. The van der Waals surface area contributed by atoms with E-state index in [9.17, 15) is 4.79 Å². The summed E-state index contributed by atoms with van der Waals surface area (Å²) < 4.78 is 5.01. The number of benzene rings is 2. The number of hydrogen-bond donors (Lipinski definition) is 0. The summed E-state index contributed by atoms with van der Waals surface area (Å²) in [5.74, 6) is 0.134. The van der Waals surface area contributed by atoms with Crippen molar-refractivity contribution in [3.05, 3.63) is 58.1 Å².